The van der Waals surface area contributed by atoms with Crippen molar-refractivity contribution >= 4 is 17.5 Å². The summed E-state index contributed by atoms with van der Waals surface area (Å²) >= 11 is 5.92. The Hall–Kier alpha value is -1.06. The highest BCUT2D eigenvalue weighted by Gasteiger charge is 2.28. The molecule has 2 rings (SSSR count). The fraction of sp³-hybridized carbons (Fsp3) is 0.562. The van der Waals surface area contributed by atoms with Gasteiger partial charge in [0.1, 0.15) is 0 Å². The molecular weight excluding hydrogens is 272 g/mol. The van der Waals surface area contributed by atoms with Crippen molar-refractivity contribution in [2.75, 3.05) is 14.1 Å². The van der Waals surface area contributed by atoms with Crippen LogP contribution in [0.3, 0.4) is 0 Å². The molecule has 1 atom stereocenters. The van der Waals surface area contributed by atoms with Gasteiger partial charge in [0.05, 0.1) is 14.1 Å². The molecule has 4 heteroatoms. The lowest BCUT2D eigenvalue weighted by Gasteiger charge is -2.27. The Balaban J connectivity index is 2.07. The van der Waals surface area contributed by atoms with Crippen LogP contribution in [-0.4, -0.2) is 26.0 Å². The summed E-state index contributed by atoms with van der Waals surface area (Å²) in [5.74, 6) is 0.124. The minimum Gasteiger partial charge on any atom is -0.348 e. The molecule has 1 aliphatic carbocycles. The second kappa shape index (κ2) is 7.09. The van der Waals surface area contributed by atoms with E-state index in [-0.39, 0.29) is 11.9 Å². The first-order valence-electron chi connectivity index (χ1n) is 7.44. The number of hydrogen-bond donors (Lipinski definition) is 2. The molecule has 0 saturated heterocycles. The molecule has 0 heterocycles. The summed E-state index contributed by atoms with van der Waals surface area (Å²) in [6, 6.07) is 7.77. The number of carbonyl (C=O) groups excluding carboxylic acids is 1. The summed E-state index contributed by atoms with van der Waals surface area (Å²) in [7, 11) is 4.03. The lowest BCUT2D eigenvalue weighted by atomic mass is 9.95. The van der Waals surface area contributed by atoms with Crippen molar-refractivity contribution < 1.29 is 9.69 Å². The summed E-state index contributed by atoms with van der Waals surface area (Å²) in [6.45, 7) is 0. The topological polar surface area (TPSA) is 33.5 Å². The lowest BCUT2D eigenvalue weighted by molar-refractivity contribution is -0.881. The Labute approximate surface area is 126 Å². The standard InChI is InChI=1S/C16H23ClN2O/c1-19(2)15(12-8-10-13(17)11-9-12)16(20)18-14-6-4-3-5-7-14/h8-11,14-15H,3-7H2,1-2H3,(H,18,20)/p+1. The highest BCUT2D eigenvalue weighted by Crippen LogP contribution is 2.19. The van der Waals surface area contributed by atoms with Crippen LogP contribution < -0.4 is 10.2 Å². The molecule has 0 bridgehead atoms. The zero-order valence-corrected chi connectivity index (χ0v) is 13.0. The second-order valence-corrected chi connectivity index (χ2v) is 6.34. The van der Waals surface area contributed by atoms with Crippen LogP contribution >= 0.6 is 11.6 Å². The summed E-state index contributed by atoms with van der Waals surface area (Å²) < 4.78 is 0. The third-order valence-electron chi connectivity index (χ3n) is 3.99. The van der Waals surface area contributed by atoms with Gasteiger partial charge in [-0.3, -0.25) is 4.79 Å². The smallest absolute Gasteiger partial charge is 0.283 e. The van der Waals surface area contributed by atoms with Gasteiger partial charge in [0.15, 0.2) is 6.04 Å². The Kier molecular flexibility index (Phi) is 5.44. The quantitative estimate of drug-likeness (QED) is 0.875. The van der Waals surface area contributed by atoms with E-state index in [9.17, 15) is 4.79 Å². The molecule has 1 aliphatic rings. The van der Waals surface area contributed by atoms with E-state index in [1.165, 1.54) is 19.3 Å². The van der Waals surface area contributed by atoms with Gasteiger partial charge in [0.2, 0.25) is 0 Å². The Morgan fingerprint density at radius 1 is 1.20 bits per heavy atom. The summed E-state index contributed by atoms with van der Waals surface area (Å²) in [6.07, 6.45) is 5.98. The van der Waals surface area contributed by atoms with Gasteiger partial charge in [-0.15, -0.1) is 0 Å². The molecule has 20 heavy (non-hydrogen) atoms. The number of halogens is 1. The predicted octanol–water partition coefficient (Wildman–Crippen LogP) is 1.97. The van der Waals surface area contributed by atoms with Gasteiger partial charge in [-0.05, 0) is 25.0 Å². The van der Waals surface area contributed by atoms with Crippen LogP contribution in [-0.2, 0) is 4.79 Å². The molecule has 1 fully saturated rings. The third kappa shape index (κ3) is 3.97. The number of nitrogens with one attached hydrogen (secondary N) is 2. The van der Waals surface area contributed by atoms with E-state index < -0.39 is 0 Å². The van der Waals surface area contributed by atoms with E-state index >= 15 is 0 Å². The van der Waals surface area contributed by atoms with E-state index in [1.54, 1.807) is 0 Å². The van der Waals surface area contributed by atoms with Gasteiger partial charge >= 0.3 is 0 Å². The highest BCUT2D eigenvalue weighted by atomic mass is 35.5. The van der Waals surface area contributed by atoms with Gasteiger partial charge in [0, 0.05) is 16.6 Å². The van der Waals surface area contributed by atoms with Crippen LogP contribution in [0.4, 0.5) is 0 Å². The first kappa shape index (κ1) is 15.3. The summed E-state index contributed by atoms with van der Waals surface area (Å²) in [5, 5.41) is 3.92. The van der Waals surface area contributed by atoms with Gasteiger partial charge in [0.25, 0.3) is 5.91 Å². The lowest BCUT2D eigenvalue weighted by Crippen LogP contribution is -3.07. The van der Waals surface area contributed by atoms with E-state index in [0.717, 1.165) is 23.3 Å². The molecule has 2 N–H and O–H groups in total. The average Bonchev–Trinajstić information content (AvgIpc) is 2.42. The van der Waals surface area contributed by atoms with E-state index in [1.807, 2.05) is 38.4 Å². The molecule has 3 nitrogen and oxygen atoms in total. The average molecular weight is 296 g/mol. The van der Waals surface area contributed by atoms with Crippen molar-refractivity contribution in [2.45, 2.75) is 44.2 Å². The van der Waals surface area contributed by atoms with Crippen molar-refractivity contribution in [1.82, 2.24) is 5.32 Å². The largest absolute Gasteiger partial charge is 0.348 e. The van der Waals surface area contributed by atoms with Crippen molar-refractivity contribution in [2.24, 2.45) is 0 Å². The Bertz CT molecular complexity index is 438. The minimum absolute atomic E-state index is 0.124. The number of quaternary nitrogens is 1. The number of carbonyl (C=O) groups is 1. The van der Waals surface area contributed by atoms with Gasteiger partial charge in [-0.2, -0.15) is 0 Å². The molecule has 1 aromatic carbocycles. The van der Waals surface area contributed by atoms with Gasteiger partial charge in [-0.25, -0.2) is 0 Å². The predicted molar refractivity (Wildman–Crippen MR) is 82.0 cm³/mol. The first-order valence-corrected chi connectivity index (χ1v) is 7.81. The van der Waals surface area contributed by atoms with Crippen LogP contribution in [0, 0.1) is 0 Å². The minimum atomic E-state index is -0.172. The highest BCUT2D eigenvalue weighted by molar-refractivity contribution is 6.30. The van der Waals surface area contributed by atoms with Crippen molar-refractivity contribution in [1.29, 1.82) is 0 Å². The number of hydrogen-bond acceptors (Lipinski definition) is 1. The molecule has 1 aromatic rings. The summed E-state index contributed by atoms with van der Waals surface area (Å²) in [5.41, 5.74) is 1.02. The third-order valence-corrected chi connectivity index (χ3v) is 4.25. The molecule has 0 aromatic heterocycles. The number of amides is 1. The summed E-state index contributed by atoms with van der Waals surface area (Å²) in [4.78, 5) is 13.7. The van der Waals surface area contributed by atoms with Crippen LogP contribution in [0.15, 0.2) is 24.3 Å². The first-order chi connectivity index (χ1) is 9.58. The zero-order valence-electron chi connectivity index (χ0n) is 12.3. The van der Waals surface area contributed by atoms with Crippen molar-refractivity contribution in [3.63, 3.8) is 0 Å². The van der Waals surface area contributed by atoms with Crippen molar-refractivity contribution in [3.05, 3.63) is 34.9 Å². The van der Waals surface area contributed by atoms with Crippen LogP contribution in [0.25, 0.3) is 0 Å². The fourth-order valence-corrected chi connectivity index (χ4v) is 3.06. The second-order valence-electron chi connectivity index (χ2n) is 5.91. The normalized spacial score (nSPS) is 18.0. The molecular formula is C16H24ClN2O+. The van der Waals surface area contributed by atoms with Crippen molar-refractivity contribution in [3.8, 4) is 0 Å². The SMILES string of the molecule is C[NH+](C)C(C(=O)NC1CCCCC1)c1ccc(Cl)cc1. The molecule has 0 aliphatic heterocycles. The molecule has 0 radical (unpaired) electrons. The van der Waals surface area contributed by atoms with E-state index in [2.05, 4.69) is 5.32 Å². The molecule has 1 unspecified atom stereocenters. The Morgan fingerprint density at radius 2 is 1.80 bits per heavy atom. The van der Waals surface area contributed by atoms with Crippen LogP contribution in [0.5, 0.6) is 0 Å². The van der Waals surface area contributed by atoms with Gasteiger partial charge < -0.3 is 10.2 Å². The number of likely N-dealkylation sites (N-methyl/N-ethyl adjacent to an activating group) is 1. The maximum atomic E-state index is 12.6. The maximum absolute atomic E-state index is 12.6. The molecule has 0 spiro atoms. The molecule has 1 amide bonds. The molecule has 1 saturated carbocycles. The number of benzene rings is 1. The zero-order chi connectivity index (χ0) is 14.5. The Morgan fingerprint density at radius 3 is 2.35 bits per heavy atom. The van der Waals surface area contributed by atoms with E-state index in [0.29, 0.717) is 11.1 Å². The maximum Gasteiger partial charge on any atom is 0.283 e. The monoisotopic (exact) mass is 295 g/mol. The fourth-order valence-electron chi connectivity index (χ4n) is 2.93. The van der Waals surface area contributed by atoms with Crippen LogP contribution in [0.2, 0.25) is 5.02 Å². The number of rotatable bonds is 4. The molecule has 110 valence electrons. The van der Waals surface area contributed by atoms with Gasteiger partial charge in [-0.1, -0.05) is 43.0 Å². The van der Waals surface area contributed by atoms with Crippen LogP contribution in [0.1, 0.15) is 43.7 Å². The van der Waals surface area contributed by atoms with E-state index in [4.69, 9.17) is 11.6 Å².